The third kappa shape index (κ3) is 5.62. The summed E-state index contributed by atoms with van der Waals surface area (Å²) in [5.74, 6) is 1.01. The maximum atomic E-state index is 11.9. The van der Waals surface area contributed by atoms with Gasteiger partial charge in [0.1, 0.15) is 18.1 Å². The molecule has 1 amide bonds. The summed E-state index contributed by atoms with van der Waals surface area (Å²) in [6, 6.07) is 12.2. The van der Waals surface area contributed by atoms with Crippen molar-refractivity contribution < 1.29 is 14.3 Å². The van der Waals surface area contributed by atoms with Gasteiger partial charge in [-0.2, -0.15) is 0 Å². The van der Waals surface area contributed by atoms with Gasteiger partial charge in [0, 0.05) is 10.7 Å². The molecular weight excluding hydrogens is 382 g/mol. The van der Waals surface area contributed by atoms with E-state index in [4.69, 9.17) is 21.1 Å². The van der Waals surface area contributed by atoms with Gasteiger partial charge >= 0.3 is 0 Å². The third-order valence-corrected chi connectivity index (χ3v) is 3.61. The second-order valence-electron chi connectivity index (χ2n) is 4.54. The normalized spacial score (nSPS) is 10.0. The van der Waals surface area contributed by atoms with Gasteiger partial charge in [0.05, 0.1) is 4.47 Å². The van der Waals surface area contributed by atoms with Crippen molar-refractivity contribution in [1.82, 2.24) is 0 Å². The number of carbonyl (C=O) groups excluding carboxylic acids is 1. The number of nitrogens with one attached hydrogen (secondary N) is 1. The van der Waals surface area contributed by atoms with E-state index in [0.717, 1.165) is 0 Å². The molecule has 0 aromatic heterocycles. The number of rotatable bonds is 7. The smallest absolute Gasteiger partial charge is 0.262 e. The Morgan fingerprint density at radius 3 is 2.61 bits per heavy atom. The van der Waals surface area contributed by atoms with Gasteiger partial charge in [0.15, 0.2) is 6.61 Å². The first kappa shape index (κ1) is 17.4. The van der Waals surface area contributed by atoms with E-state index in [0.29, 0.717) is 33.3 Å². The Balaban J connectivity index is 1.85. The van der Waals surface area contributed by atoms with E-state index in [-0.39, 0.29) is 12.5 Å². The molecule has 0 unspecified atom stereocenters. The molecule has 0 atom stereocenters. The van der Waals surface area contributed by atoms with Crippen LogP contribution in [-0.2, 0) is 4.79 Å². The van der Waals surface area contributed by atoms with Crippen LogP contribution in [0.15, 0.2) is 59.6 Å². The lowest BCUT2D eigenvalue weighted by atomic mass is 10.3. The van der Waals surface area contributed by atoms with Crippen LogP contribution in [-0.4, -0.2) is 19.1 Å². The molecule has 0 bridgehead atoms. The molecule has 2 rings (SSSR count). The summed E-state index contributed by atoms with van der Waals surface area (Å²) in [7, 11) is 0. The molecule has 0 spiro atoms. The SMILES string of the molecule is C=CCOc1ccc(NC(=O)COc2ccc(Cl)cc2Br)cc1. The van der Waals surface area contributed by atoms with Crippen LogP contribution in [0.3, 0.4) is 0 Å². The van der Waals surface area contributed by atoms with Gasteiger partial charge in [-0.15, -0.1) is 0 Å². The minimum Gasteiger partial charge on any atom is -0.490 e. The fourth-order valence-corrected chi connectivity index (χ4v) is 2.52. The van der Waals surface area contributed by atoms with Crippen LogP contribution in [0.4, 0.5) is 5.69 Å². The second-order valence-corrected chi connectivity index (χ2v) is 5.83. The summed E-state index contributed by atoms with van der Waals surface area (Å²) in [5, 5.41) is 3.34. The summed E-state index contributed by atoms with van der Waals surface area (Å²) in [6.07, 6.45) is 1.67. The Hall–Kier alpha value is -1.98. The van der Waals surface area contributed by atoms with E-state index in [1.807, 2.05) is 0 Å². The molecule has 0 heterocycles. The lowest BCUT2D eigenvalue weighted by molar-refractivity contribution is -0.118. The van der Waals surface area contributed by atoms with E-state index in [2.05, 4.69) is 27.8 Å². The lowest BCUT2D eigenvalue weighted by Gasteiger charge is -2.10. The zero-order valence-electron chi connectivity index (χ0n) is 12.2. The molecule has 0 aliphatic carbocycles. The topological polar surface area (TPSA) is 47.6 Å². The summed E-state index contributed by atoms with van der Waals surface area (Å²) in [5.41, 5.74) is 0.666. The van der Waals surface area contributed by atoms with Crippen molar-refractivity contribution in [2.24, 2.45) is 0 Å². The Bertz CT molecular complexity index is 689. The van der Waals surface area contributed by atoms with Gasteiger partial charge in [0.25, 0.3) is 5.91 Å². The Morgan fingerprint density at radius 1 is 1.22 bits per heavy atom. The highest BCUT2D eigenvalue weighted by Gasteiger charge is 2.07. The van der Waals surface area contributed by atoms with Crippen LogP contribution in [0.25, 0.3) is 0 Å². The van der Waals surface area contributed by atoms with E-state index in [1.165, 1.54) is 0 Å². The van der Waals surface area contributed by atoms with Gasteiger partial charge in [0.2, 0.25) is 0 Å². The van der Waals surface area contributed by atoms with E-state index >= 15 is 0 Å². The van der Waals surface area contributed by atoms with Gasteiger partial charge in [-0.25, -0.2) is 0 Å². The van der Waals surface area contributed by atoms with Crippen molar-refractivity contribution in [3.8, 4) is 11.5 Å². The predicted octanol–water partition coefficient (Wildman–Crippen LogP) is 4.68. The average Bonchev–Trinajstić information content (AvgIpc) is 2.53. The van der Waals surface area contributed by atoms with E-state index in [1.54, 1.807) is 48.5 Å². The number of amides is 1. The number of hydrogen-bond donors (Lipinski definition) is 1. The van der Waals surface area contributed by atoms with Crippen molar-refractivity contribution in [2.45, 2.75) is 0 Å². The zero-order valence-corrected chi connectivity index (χ0v) is 14.6. The predicted molar refractivity (Wildman–Crippen MR) is 95.4 cm³/mol. The molecule has 0 aliphatic rings. The van der Waals surface area contributed by atoms with Crippen LogP contribution in [0.5, 0.6) is 11.5 Å². The maximum absolute atomic E-state index is 11.9. The number of benzene rings is 2. The molecule has 2 aromatic carbocycles. The first-order chi connectivity index (χ1) is 11.1. The van der Waals surface area contributed by atoms with Crippen LogP contribution >= 0.6 is 27.5 Å². The van der Waals surface area contributed by atoms with Crippen LogP contribution in [0.1, 0.15) is 0 Å². The van der Waals surface area contributed by atoms with Crippen molar-refractivity contribution in [3.63, 3.8) is 0 Å². The zero-order chi connectivity index (χ0) is 16.7. The van der Waals surface area contributed by atoms with Crippen LogP contribution in [0, 0.1) is 0 Å². The molecule has 120 valence electrons. The molecule has 4 nitrogen and oxygen atoms in total. The Kier molecular flexibility index (Phi) is 6.50. The van der Waals surface area contributed by atoms with Gasteiger partial charge in [-0.05, 0) is 58.4 Å². The number of carbonyl (C=O) groups is 1. The van der Waals surface area contributed by atoms with Crippen LogP contribution < -0.4 is 14.8 Å². The standard InChI is InChI=1S/C17H15BrClNO3/c1-2-9-22-14-6-4-13(5-7-14)20-17(21)11-23-16-8-3-12(19)10-15(16)18/h2-8,10H,1,9,11H2,(H,20,21). The van der Waals surface area contributed by atoms with E-state index in [9.17, 15) is 4.79 Å². The number of halogens is 2. The minimum atomic E-state index is -0.258. The number of anilines is 1. The number of hydrogen-bond acceptors (Lipinski definition) is 3. The molecule has 6 heteroatoms. The van der Waals surface area contributed by atoms with Crippen molar-refractivity contribution in [1.29, 1.82) is 0 Å². The lowest BCUT2D eigenvalue weighted by Crippen LogP contribution is -2.20. The molecule has 23 heavy (non-hydrogen) atoms. The van der Waals surface area contributed by atoms with Crippen molar-refractivity contribution in [3.05, 3.63) is 64.6 Å². The van der Waals surface area contributed by atoms with Gasteiger partial charge < -0.3 is 14.8 Å². The maximum Gasteiger partial charge on any atom is 0.262 e. The fraction of sp³-hybridized carbons (Fsp3) is 0.118. The minimum absolute atomic E-state index is 0.102. The molecule has 0 radical (unpaired) electrons. The Labute approximate surface area is 148 Å². The summed E-state index contributed by atoms with van der Waals surface area (Å²) < 4.78 is 11.5. The molecule has 1 N–H and O–H groups in total. The van der Waals surface area contributed by atoms with Gasteiger partial charge in [-0.1, -0.05) is 24.3 Å². The largest absolute Gasteiger partial charge is 0.490 e. The van der Waals surface area contributed by atoms with E-state index < -0.39 is 0 Å². The first-order valence-electron chi connectivity index (χ1n) is 6.80. The monoisotopic (exact) mass is 395 g/mol. The molecule has 0 fully saturated rings. The van der Waals surface area contributed by atoms with Crippen molar-refractivity contribution >= 4 is 39.1 Å². The second kappa shape index (κ2) is 8.60. The third-order valence-electron chi connectivity index (χ3n) is 2.76. The molecule has 0 saturated heterocycles. The summed E-state index contributed by atoms with van der Waals surface area (Å²) in [4.78, 5) is 11.9. The molecular formula is C17H15BrClNO3. The molecule has 2 aromatic rings. The van der Waals surface area contributed by atoms with Crippen LogP contribution in [0.2, 0.25) is 5.02 Å². The van der Waals surface area contributed by atoms with Crippen molar-refractivity contribution in [2.75, 3.05) is 18.5 Å². The summed E-state index contributed by atoms with van der Waals surface area (Å²) in [6.45, 7) is 3.92. The quantitative estimate of drug-likeness (QED) is 0.691. The first-order valence-corrected chi connectivity index (χ1v) is 7.97. The summed E-state index contributed by atoms with van der Waals surface area (Å²) >= 11 is 9.18. The van der Waals surface area contributed by atoms with Gasteiger partial charge in [-0.3, -0.25) is 4.79 Å². The highest BCUT2D eigenvalue weighted by atomic mass is 79.9. The fourth-order valence-electron chi connectivity index (χ4n) is 1.72. The average molecular weight is 397 g/mol. The highest BCUT2D eigenvalue weighted by molar-refractivity contribution is 9.10. The highest BCUT2D eigenvalue weighted by Crippen LogP contribution is 2.27. The molecule has 0 aliphatic heterocycles. The molecule has 0 saturated carbocycles. The number of ether oxygens (including phenoxy) is 2. The Morgan fingerprint density at radius 2 is 1.96 bits per heavy atom.